The van der Waals surface area contributed by atoms with Crippen LogP contribution in [0.1, 0.15) is 18.4 Å². The Labute approximate surface area is 147 Å². The van der Waals surface area contributed by atoms with Crippen molar-refractivity contribution in [1.82, 2.24) is 4.90 Å². The summed E-state index contributed by atoms with van der Waals surface area (Å²) >= 11 is 0. The second-order valence-corrected chi connectivity index (χ2v) is 8.32. The zero-order valence-electron chi connectivity index (χ0n) is 13.8. The van der Waals surface area contributed by atoms with Crippen molar-refractivity contribution in [2.75, 3.05) is 12.3 Å². The quantitative estimate of drug-likeness (QED) is 0.823. The van der Waals surface area contributed by atoms with Gasteiger partial charge in [0.2, 0.25) is 5.91 Å². The molecule has 3 rings (SSSR count). The molecule has 0 unspecified atom stereocenters. The summed E-state index contributed by atoms with van der Waals surface area (Å²) in [5, 5.41) is 0. The van der Waals surface area contributed by atoms with Crippen LogP contribution >= 0.6 is 0 Å². The van der Waals surface area contributed by atoms with Gasteiger partial charge in [-0.05, 0) is 42.7 Å². The number of likely N-dealkylation sites (tertiary alicyclic amines) is 1. The van der Waals surface area contributed by atoms with Crippen LogP contribution in [-0.2, 0) is 21.1 Å². The Kier molecular flexibility index (Phi) is 5.18. The number of nitrogens with zero attached hydrogens (tertiary/aromatic N) is 1. The predicted molar refractivity (Wildman–Crippen MR) is 93.3 cm³/mol. The molecule has 25 heavy (non-hydrogen) atoms. The predicted octanol–water partition coefficient (Wildman–Crippen LogP) is 2.83. The molecular weight excluding hydrogens is 341 g/mol. The summed E-state index contributed by atoms with van der Waals surface area (Å²) in [6, 6.07) is 13.8. The van der Waals surface area contributed by atoms with E-state index >= 15 is 0 Å². The molecule has 0 aliphatic carbocycles. The van der Waals surface area contributed by atoms with Gasteiger partial charge >= 0.3 is 0 Å². The van der Waals surface area contributed by atoms with Crippen LogP contribution in [0.4, 0.5) is 4.39 Å². The van der Waals surface area contributed by atoms with Crippen LogP contribution < -0.4 is 0 Å². The van der Waals surface area contributed by atoms with Crippen LogP contribution in [0.25, 0.3) is 0 Å². The number of hydrogen-bond donors (Lipinski definition) is 0. The highest BCUT2D eigenvalue weighted by molar-refractivity contribution is 7.91. The highest BCUT2D eigenvalue weighted by Crippen LogP contribution is 2.23. The molecule has 0 aromatic heterocycles. The molecule has 0 N–H and O–H groups in total. The topological polar surface area (TPSA) is 54.5 Å². The number of hydrogen-bond acceptors (Lipinski definition) is 3. The van der Waals surface area contributed by atoms with Gasteiger partial charge in [0.05, 0.1) is 17.1 Å². The SMILES string of the molecule is O=C(Cc1ccc(F)cc1)N1CCC[C@H]1CS(=O)(=O)c1ccccc1. The van der Waals surface area contributed by atoms with E-state index in [0.29, 0.717) is 13.0 Å². The molecule has 6 heteroatoms. The van der Waals surface area contributed by atoms with Gasteiger partial charge in [0.25, 0.3) is 0 Å². The lowest BCUT2D eigenvalue weighted by Crippen LogP contribution is -2.40. The molecule has 1 aliphatic rings. The summed E-state index contributed by atoms with van der Waals surface area (Å²) in [5.74, 6) is -0.520. The van der Waals surface area contributed by atoms with Crippen LogP contribution in [0.2, 0.25) is 0 Å². The summed E-state index contributed by atoms with van der Waals surface area (Å²) in [6.45, 7) is 0.564. The van der Waals surface area contributed by atoms with E-state index in [4.69, 9.17) is 0 Å². The average molecular weight is 361 g/mol. The smallest absolute Gasteiger partial charge is 0.227 e. The molecule has 0 spiro atoms. The van der Waals surface area contributed by atoms with Gasteiger partial charge in [0, 0.05) is 12.6 Å². The third-order valence-corrected chi connectivity index (χ3v) is 6.29. The van der Waals surface area contributed by atoms with Crippen LogP contribution in [0, 0.1) is 5.82 Å². The van der Waals surface area contributed by atoms with Crippen molar-refractivity contribution in [3.63, 3.8) is 0 Å². The molecule has 2 aromatic carbocycles. The first-order chi connectivity index (χ1) is 12.0. The number of sulfone groups is 1. The number of rotatable bonds is 5. The van der Waals surface area contributed by atoms with E-state index < -0.39 is 9.84 Å². The summed E-state index contributed by atoms with van der Waals surface area (Å²) in [4.78, 5) is 14.5. The van der Waals surface area contributed by atoms with E-state index in [0.717, 1.165) is 12.0 Å². The number of halogens is 1. The van der Waals surface area contributed by atoms with Gasteiger partial charge < -0.3 is 4.90 Å². The molecule has 0 bridgehead atoms. The lowest BCUT2D eigenvalue weighted by molar-refractivity contribution is -0.130. The van der Waals surface area contributed by atoms with Crippen molar-refractivity contribution in [2.45, 2.75) is 30.2 Å². The first-order valence-corrected chi connectivity index (χ1v) is 9.93. The Hall–Kier alpha value is -2.21. The molecule has 2 aromatic rings. The van der Waals surface area contributed by atoms with Crippen molar-refractivity contribution >= 4 is 15.7 Å². The van der Waals surface area contributed by atoms with Gasteiger partial charge in [-0.25, -0.2) is 12.8 Å². The van der Waals surface area contributed by atoms with E-state index in [9.17, 15) is 17.6 Å². The standard InChI is InChI=1S/C19H20FNO3S/c20-16-10-8-15(9-11-16)13-19(22)21-12-4-5-17(21)14-25(23,24)18-6-2-1-3-7-18/h1-3,6-11,17H,4-5,12-14H2/t17-/m0/s1. The van der Waals surface area contributed by atoms with Crippen molar-refractivity contribution in [1.29, 1.82) is 0 Å². The fraction of sp³-hybridized carbons (Fsp3) is 0.316. The lowest BCUT2D eigenvalue weighted by atomic mass is 10.1. The maximum atomic E-state index is 13.0. The Morgan fingerprint density at radius 2 is 1.76 bits per heavy atom. The van der Waals surface area contributed by atoms with Crippen LogP contribution in [0.15, 0.2) is 59.5 Å². The van der Waals surface area contributed by atoms with Crippen LogP contribution in [0.5, 0.6) is 0 Å². The van der Waals surface area contributed by atoms with E-state index in [1.54, 1.807) is 47.4 Å². The summed E-state index contributed by atoms with van der Waals surface area (Å²) < 4.78 is 38.1. The maximum Gasteiger partial charge on any atom is 0.227 e. The first kappa shape index (κ1) is 17.6. The minimum absolute atomic E-state index is 0.0633. The Morgan fingerprint density at radius 1 is 1.08 bits per heavy atom. The Balaban J connectivity index is 1.70. The van der Waals surface area contributed by atoms with Crippen molar-refractivity contribution in [3.8, 4) is 0 Å². The molecule has 1 aliphatic heterocycles. The fourth-order valence-electron chi connectivity index (χ4n) is 3.19. The van der Waals surface area contributed by atoms with Crippen molar-refractivity contribution in [2.24, 2.45) is 0 Å². The van der Waals surface area contributed by atoms with Gasteiger partial charge in [-0.1, -0.05) is 30.3 Å². The molecule has 0 radical (unpaired) electrons. The number of amides is 1. The van der Waals surface area contributed by atoms with Gasteiger partial charge in [0.1, 0.15) is 5.82 Å². The lowest BCUT2D eigenvalue weighted by Gasteiger charge is -2.24. The van der Waals surface area contributed by atoms with Gasteiger partial charge in [0.15, 0.2) is 9.84 Å². The molecule has 132 valence electrons. The zero-order chi connectivity index (χ0) is 17.9. The highest BCUT2D eigenvalue weighted by atomic mass is 32.2. The summed E-state index contributed by atoms with van der Waals surface area (Å²) in [6.07, 6.45) is 1.63. The second-order valence-electron chi connectivity index (χ2n) is 6.28. The molecule has 1 heterocycles. The third-order valence-electron chi connectivity index (χ3n) is 4.48. The Bertz CT molecular complexity index is 835. The highest BCUT2D eigenvalue weighted by Gasteiger charge is 2.32. The van der Waals surface area contributed by atoms with E-state index in [2.05, 4.69) is 0 Å². The molecule has 4 nitrogen and oxygen atoms in total. The van der Waals surface area contributed by atoms with Crippen molar-refractivity contribution < 1.29 is 17.6 Å². The monoisotopic (exact) mass is 361 g/mol. The maximum absolute atomic E-state index is 13.0. The molecule has 1 amide bonds. The van der Waals surface area contributed by atoms with Crippen LogP contribution in [-0.4, -0.2) is 37.6 Å². The largest absolute Gasteiger partial charge is 0.338 e. The molecule has 1 fully saturated rings. The third kappa shape index (κ3) is 4.25. The summed E-state index contributed by atoms with van der Waals surface area (Å²) in [5.41, 5.74) is 0.725. The first-order valence-electron chi connectivity index (χ1n) is 8.27. The molecule has 0 saturated carbocycles. The molecule has 1 saturated heterocycles. The van der Waals surface area contributed by atoms with Gasteiger partial charge in [-0.3, -0.25) is 4.79 Å². The average Bonchev–Trinajstić information content (AvgIpc) is 3.05. The molecule has 1 atom stereocenters. The number of benzene rings is 2. The van der Waals surface area contributed by atoms with Gasteiger partial charge in [-0.2, -0.15) is 0 Å². The van der Waals surface area contributed by atoms with Gasteiger partial charge in [-0.15, -0.1) is 0 Å². The number of carbonyl (C=O) groups is 1. The van der Waals surface area contributed by atoms with E-state index in [1.165, 1.54) is 12.1 Å². The van der Waals surface area contributed by atoms with E-state index in [-0.39, 0.29) is 34.8 Å². The second kappa shape index (κ2) is 7.35. The zero-order valence-corrected chi connectivity index (χ0v) is 14.6. The molecular formula is C19H20FNO3S. The number of carbonyl (C=O) groups excluding carboxylic acids is 1. The minimum atomic E-state index is -3.43. The van der Waals surface area contributed by atoms with Crippen molar-refractivity contribution in [3.05, 3.63) is 66.0 Å². The Morgan fingerprint density at radius 3 is 2.44 bits per heavy atom. The normalized spacial score (nSPS) is 17.6. The fourth-order valence-corrected chi connectivity index (χ4v) is 4.81. The minimum Gasteiger partial charge on any atom is -0.338 e. The summed E-state index contributed by atoms with van der Waals surface area (Å²) in [7, 11) is -3.43. The van der Waals surface area contributed by atoms with Crippen LogP contribution in [0.3, 0.4) is 0 Å². The van der Waals surface area contributed by atoms with E-state index in [1.807, 2.05) is 0 Å².